The lowest BCUT2D eigenvalue weighted by atomic mass is 9.80. The molecule has 1 aliphatic heterocycles. The fraction of sp³-hybridized carbons (Fsp3) is 0.696. The minimum absolute atomic E-state index is 0.0788. The van der Waals surface area contributed by atoms with E-state index in [0.29, 0.717) is 24.3 Å². The lowest BCUT2D eigenvalue weighted by molar-refractivity contribution is -0.239. The highest BCUT2D eigenvalue weighted by atomic mass is 19.1. The molecule has 0 atom stereocenters. The Morgan fingerprint density at radius 3 is 2.41 bits per heavy atom. The van der Waals surface area contributed by atoms with Crippen LogP contribution in [0.25, 0.3) is 0 Å². The summed E-state index contributed by atoms with van der Waals surface area (Å²) < 4.78 is 45.2. The Bertz CT molecular complexity index is 677. The summed E-state index contributed by atoms with van der Waals surface area (Å²) in [7, 11) is 0. The Hall–Kier alpha value is -1.53. The summed E-state index contributed by atoms with van der Waals surface area (Å²) >= 11 is 0. The number of ether oxygens (including phenoxy) is 3. The van der Waals surface area contributed by atoms with Crippen LogP contribution in [-0.4, -0.2) is 24.9 Å². The molecule has 2 fully saturated rings. The van der Waals surface area contributed by atoms with Gasteiger partial charge >= 0.3 is 5.97 Å². The lowest BCUT2D eigenvalue weighted by Gasteiger charge is -2.34. The summed E-state index contributed by atoms with van der Waals surface area (Å²) in [5.74, 6) is -0.567. The van der Waals surface area contributed by atoms with Crippen LogP contribution in [0.1, 0.15) is 77.1 Å². The maximum Gasteiger partial charge on any atom is 0.314 e. The van der Waals surface area contributed by atoms with Gasteiger partial charge in [0, 0.05) is 5.56 Å². The van der Waals surface area contributed by atoms with Crippen molar-refractivity contribution in [3.8, 4) is 5.75 Å². The zero-order valence-electron chi connectivity index (χ0n) is 17.4. The van der Waals surface area contributed by atoms with Crippen LogP contribution in [0.2, 0.25) is 0 Å². The van der Waals surface area contributed by atoms with Gasteiger partial charge in [0.25, 0.3) is 0 Å². The van der Waals surface area contributed by atoms with Gasteiger partial charge in [0.15, 0.2) is 23.5 Å². The first-order valence-corrected chi connectivity index (χ1v) is 10.9. The first kappa shape index (κ1) is 22.2. The smallest absolute Gasteiger partial charge is 0.314 e. The largest absolute Gasteiger partial charge is 0.423 e. The number of halogens is 2. The summed E-state index contributed by atoms with van der Waals surface area (Å²) in [4.78, 5) is 12.4. The SMILES string of the molecule is CCCC1CCC(C(=O)Oc2ccc(C3OCC(F)(CCC)CO3)cc2F)CC1. The van der Waals surface area contributed by atoms with E-state index in [0.717, 1.165) is 32.1 Å². The molecule has 0 aromatic heterocycles. The van der Waals surface area contributed by atoms with Gasteiger partial charge in [-0.2, -0.15) is 0 Å². The van der Waals surface area contributed by atoms with Crippen molar-refractivity contribution in [1.82, 2.24) is 0 Å². The highest BCUT2D eigenvalue weighted by Crippen LogP contribution is 2.35. The molecular weight excluding hydrogens is 378 g/mol. The van der Waals surface area contributed by atoms with E-state index in [1.807, 2.05) is 6.92 Å². The van der Waals surface area contributed by atoms with Crippen molar-refractivity contribution < 1.29 is 27.8 Å². The average Bonchev–Trinajstić information content (AvgIpc) is 2.71. The molecule has 2 aliphatic rings. The van der Waals surface area contributed by atoms with Crippen molar-refractivity contribution in [2.45, 2.75) is 77.2 Å². The van der Waals surface area contributed by atoms with Crippen molar-refractivity contribution in [3.05, 3.63) is 29.6 Å². The molecule has 1 heterocycles. The number of benzene rings is 1. The molecule has 1 aliphatic carbocycles. The molecule has 0 N–H and O–H groups in total. The first-order chi connectivity index (χ1) is 13.9. The number of rotatable bonds is 7. The lowest BCUT2D eigenvalue weighted by Crippen LogP contribution is -2.41. The maximum absolute atomic E-state index is 14.5. The molecule has 1 saturated carbocycles. The number of carbonyl (C=O) groups excluding carboxylic acids is 1. The number of hydrogen-bond acceptors (Lipinski definition) is 4. The normalized spacial score (nSPS) is 30.1. The predicted octanol–water partition coefficient (Wildman–Crippen LogP) is 5.89. The summed E-state index contributed by atoms with van der Waals surface area (Å²) in [5, 5.41) is 0. The molecule has 0 spiro atoms. The van der Waals surface area contributed by atoms with E-state index in [2.05, 4.69) is 6.92 Å². The van der Waals surface area contributed by atoms with Crippen LogP contribution in [-0.2, 0) is 14.3 Å². The Morgan fingerprint density at radius 1 is 1.14 bits per heavy atom. The fourth-order valence-corrected chi connectivity index (χ4v) is 4.36. The molecule has 0 amide bonds. The quantitative estimate of drug-likeness (QED) is 0.415. The molecule has 1 aromatic carbocycles. The Balaban J connectivity index is 1.54. The Morgan fingerprint density at radius 2 is 1.83 bits per heavy atom. The molecule has 1 aromatic rings. The van der Waals surface area contributed by atoms with Crippen molar-refractivity contribution >= 4 is 5.97 Å². The van der Waals surface area contributed by atoms with Crippen molar-refractivity contribution in [1.29, 1.82) is 0 Å². The topological polar surface area (TPSA) is 44.8 Å². The molecule has 6 heteroatoms. The van der Waals surface area contributed by atoms with Gasteiger partial charge in [-0.15, -0.1) is 0 Å². The number of esters is 1. The average molecular weight is 411 g/mol. The van der Waals surface area contributed by atoms with Crippen LogP contribution in [0, 0.1) is 17.7 Å². The summed E-state index contributed by atoms with van der Waals surface area (Å²) in [6.07, 6.45) is 6.27. The van der Waals surface area contributed by atoms with Crippen LogP contribution >= 0.6 is 0 Å². The fourth-order valence-electron chi connectivity index (χ4n) is 4.36. The van der Waals surface area contributed by atoms with Gasteiger partial charge in [0.2, 0.25) is 0 Å². The van der Waals surface area contributed by atoms with E-state index in [4.69, 9.17) is 14.2 Å². The van der Waals surface area contributed by atoms with Crippen LogP contribution in [0.15, 0.2) is 18.2 Å². The van der Waals surface area contributed by atoms with E-state index in [1.165, 1.54) is 18.6 Å². The van der Waals surface area contributed by atoms with Gasteiger partial charge in [-0.3, -0.25) is 4.79 Å². The summed E-state index contributed by atoms with van der Waals surface area (Å²) in [6.45, 7) is 3.92. The third kappa shape index (κ3) is 5.76. The zero-order valence-corrected chi connectivity index (χ0v) is 17.4. The third-order valence-corrected chi connectivity index (χ3v) is 6.00. The second kappa shape index (κ2) is 9.98. The third-order valence-electron chi connectivity index (χ3n) is 6.00. The van der Waals surface area contributed by atoms with Crippen LogP contribution in [0.3, 0.4) is 0 Å². The summed E-state index contributed by atoms with van der Waals surface area (Å²) in [6, 6.07) is 4.25. The zero-order chi connectivity index (χ0) is 20.9. The standard InChI is InChI=1S/C23H32F2O4/c1-3-5-16-6-8-17(9-7-16)21(26)29-20-11-10-18(13-19(20)24)22-27-14-23(25,12-4-2)15-28-22/h10-11,13,16-17,22H,3-9,12,14-15H2,1-2H3. The van der Waals surface area contributed by atoms with Gasteiger partial charge in [-0.25, -0.2) is 8.78 Å². The number of carbonyl (C=O) groups is 1. The molecule has 29 heavy (non-hydrogen) atoms. The van der Waals surface area contributed by atoms with Gasteiger partial charge in [0.1, 0.15) is 0 Å². The second-order valence-electron chi connectivity index (χ2n) is 8.47. The van der Waals surface area contributed by atoms with Crippen molar-refractivity contribution in [2.24, 2.45) is 11.8 Å². The van der Waals surface area contributed by atoms with Gasteiger partial charge in [-0.05, 0) is 50.2 Å². The monoisotopic (exact) mass is 410 g/mol. The minimum Gasteiger partial charge on any atom is -0.423 e. The van der Waals surface area contributed by atoms with Crippen molar-refractivity contribution in [2.75, 3.05) is 13.2 Å². The Labute approximate surface area is 171 Å². The molecular formula is C23H32F2O4. The summed E-state index contributed by atoms with van der Waals surface area (Å²) in [5.41, 5.74) is -1.05. The van der Waals surface area contributed by atoms with Crippen LogP contribution < -0.4 is 4.74 Å². The highest BCUT2D eigenvalue weighted by molar-refractivity contribution is 5.75. The van der Waals surface area contributed by atoms with E-state index in [9.17, 15) is 13.6 Å². The van der Waals surface area contributed by atoms with Gasteiger partial charge in [-0.1, -0.05) is 39.2 Å². The molecule has 1 saturated heterocycles. The van der Waals surface area contributed by atoms with E-state index >= 15 is 0 Å². The number of alkyl halides is 1. The van der Waals surface area contributed by atoms with Gasteiger partial charge in [0.05, 0.1) is 19.1 Å². The van der Waals surface area contributed by atoms with E-state index in [1.54, 1.807) is 6.07 Å². The first-order valence-electron chi connectivity index (χ1n) is 10.9. The molecule has 0 bridgehead atoms. The van der Waals surface area contributed by atoms with Crippen LogP contribution in [0.5, 0.6) is 5.75 Å². The predicted molar refractivity (Wildman–Crippen MR) is 106 cm³/mol. The Kier molecular flexibility index (Phi) is 7.63. The minimum atomic E-state index is -1.49. The maximum atomic E-state index is 14.5. The second-order valence-corrected chi connectivity index (χ2v) is 8.47. The molecule has 162 valence electrons. The number of hydrogen-bond donors (Lipinski definition) is 0. The van der Waals surface area contributed by atoms with E-state index in [-0.39, 0.29) is 30.9 Å². The molecule has 0 unspecified atom stereocenters. The van der Waals surface area contributed by atoms with Crippen LogP contribution in [0.4, 0.5) is 8.78 Å². The molecule has 4 nitrogen and oxygen atoms in total. The molecule has 3 rings (SSSR count). The highest BCUT2D eigenvalue weighted by Gasteiger charge is 2.37. The molecule has 0 radical (unpaired) electrons. The van der Waals surface area contributed by atoms with Gasteiger partial charge < -0.3 is 14.2 Å². The van der Waals surface area contributed by atoms with Crippen molar-refractivity contribution in [3.63, 3.8) is 0 Å². The van der Waals surface area contributed by atoms with E-state index < -0.39 is 17.8 Å².